The van der Waals surface area contributed by atoms with Crippen molar-refractivity contribution in [2.24, 2.45) is 0 Å². The summed E-state index contributed by atoms with van der Waals surface area (Å²) in [7, 11) is -2.14. The lowest BCUT2D eigenvalue weighted by molar-refractivity contribution is -0.138. The lowest BCUT2D eigenvalue weighted by Crippen LogP contribution is -2.38. The van der Waals surface area contributed by atoms with Crippen LogP contribution in [0.15, 0.2) is 12.2 Å². The zero-order valence-corrected chi connectivity index (χ0v) is 12.3. The van der Waals surface area contributed by atoms with Crippen molar-refractivity contribution in [3.05, 3.63) is 12.2 Å². The molecule has 5 nitrogen and oxygen atoms in total. The SMILES string of the molecule is C=C(C#N)C(=O)OCCC[Si](C)(OCC)OCC. The van der Waals surface area contributed by atoms with Crippen molar-refractivity contribution in [1.29, 1.82) is 5.26 Å². The summed E-state index contributed by atoms with van der Waals surface area (Å²) in [5.41, 5.74) is -0.176. The first kappa shape index (κ1) is 16.8. The Hall–Kier alpha value is -1.16. The third-order valence-electron chi connectivity index (χ3n) is 2.29. The Morgan fingerprint density at radius 3 is 2.33 bits per heavy atom. The largest absolute Gasteiger partial charge is 0.462 e. The molecule has 0 rings (SSSR count). The van der Waals surface area contributed by atoms with Gasteiger partial charge in [0.2, 0.25) is 0 Å². The van der Waals surface area contributed by atoms with Crippen molar-refractivity contribution < 1.29 is 18.4 Å². The van der Waals surface area contributed by atoms with Crippen LogP contribution >= 0.6 is 0 Å². The summed E-state index contributed by atoms with van der Waals surface area (Å²) in [6, 6.07) is 2.40. The monoisotopic (exact) mass is 271 g/mol. The van der Waals surface area contributed by atoms with E-state index in [4.69, 9.17) is 18.9 Å². The predicted octanol–water partition coefficient (Wildman–Crippen LogP) is 2.14. The fraction of sp³-hybridized carbons (Fsp3) is 0.667. The number of hydrogen-bond donors (Lipinski definition) is 0. The zero-order valence-electron chi connectivity index (χ0n) is 11.3. The molecule has 0 aromatic heterocycles. The first-order valence-electron chi connectivity index (χ1n) is 6.03. The highest BCUT2D eigenvalue weighted by molar-refractivity contribution is 6.66. The van der Waals surface area contributed by atoms with Gasteiger partial charge >= 0.3 is 14.5 Å². The molecule has 102 valence electrons. The molecule has 18 heavy (non-hydrogen) atoms. The van der Waals surface area contributed by atoms with Gasteiger partial charge in [-0.15, -0.1) is 0 Å². The highest BCUT2D eigenvalue weighted by Crippen LogP contribution is 2.16. The summed E-state index contributed by atoms with van der Waals surface area (Å²) in [6.45, 7) is 10.6. The van der Waals surface area contributed by atoms with Gasteiger partial charge in [0.15, 0.2) is 0 Å². The summed E-state index contributed by atoms with van der Waals surface area (Å²) in [4.78, 5) is 11.2. The second-order valence-corrected chi connectivity index (χ2v) is 7.17. The van der Waals surface area contributed by atoms with Crippen LogP contribution in [0.2, 0.25) is 12.6 Å². The fourth-order valence-corrected chi connectivity index (χ4v) is 3.87. The Labute approximate surface area is 110 Å². The number of hydrogen-bond acceptors (Lipinski definition) is 5. The van der Waals surface area contributed by atoms with E-state index >= 15 is 0 Å². The fourth-order valence-electron chi connectivity index (χ4n) is 1.49. The molecule has 0 fully saturated rings. The molecule has 0 aliphatic carbocycles. The molecule has 0 atom stereocenters. The van der Waals surface area contributed by atoms with Gasteiger partial charge in [0.1, 0.15) is 11.6 Å². The van der Waals surface area contributed by atoms with Crippen LogP contribution in [0.1, 0.15) is 20.3 Å². The van der Waals surface area contributed by atoms with Crippen LogP contribution in [0, 0.1) is 11.3 Å². The topological polar surface area (TPSA) is 68.6 Å². The molecule has 0 spiro atoms. The maximum absolute atomic E-state index is 11.2. The molecule has 0 bridgehead atoms. The average Bonchev–Trinajstić information content (AvgIpc) is 2.34. The molecule has 0 aromatic carbocycles. The van der Waals surface area contributed by atoms with Gasteiger partial charge in [0.05, 0.1) is 6.61 Å². The Morgan fingerprint density at radius 2 is 1.89 bits per heavy atom. The van der Waals surface area contributed by atoms with Crippen molar-refractivity contribution in [2.75, 3.05) is 19.8 Å². The van der Waals surface area contributed by atoms with Gasteiger partial charge in [0.25, 0.3) is 0 Å². The molecule has 0 N–H and O–H groups in total. The van der Waals surface area contributed by atoms with Crippen LogP contribution in [-0.4, -0.2) is 34.4 Å². The minimum atomic E-state index is -2.14. The summed E-state index contributed by atoms with van der Waals surface area (Å²) < 4.78 is 16.2. The molecular weight excluding hydrogens is 250 g/mol. The average molecular weight is 271 g/mol. The molecule has 0 radical (unpaired) electrons. The predicted molar refractivity (Wildman–Crippen MR) is 70.0 cm³/mol. The van der Waals surface area contributed by atoms with Crippen molar-refractivity contribution in [1.82, 2.24) is 0 Å². The summed E-state index contributed by atoms with van der Waals surface area (Å²) in [6.07, 6.45) is 0.660. The lowest BCUT2D eigenvalue weighted by Gasteiger charge is -2.25. The van der Waals surface area contributed by atoms with Crippen molar-refractivity contribution >= 4 is 14.5 Å². The van der Waals surface area contributed by atoms with Crippen molar-refractivity contribution in [2.45, 2.75) is 32.9 Å². The van der Waals surface area contributed by atoms with Crippen LogP contribution in [0.5, 0.6) is 0 Å². The number of carbonyl (C=O) groups is 1. The third-order valence-corrected chi connectivity index (χ3v) is 5.35. The van der Waals surface area contributed by atoms with E-state index in [0.717, 1.165) is 6.04 Å². The van der Waals surface area contributed by atoms with E-state index in [-0.39, 0.29) is 12.2 Å². The highest BCUT2D eigenvalue weighted by Gasteiger charge is 2.30. The van der Waals surface area contributed by atoms with Gasteiger partial charge in [-0.2, -0.15) is 5.26 Å². The van der Waals surface area contributed by atoms with E-state index < -0.39 is 14.5 Å². The van der Waals surface area contributed by atoms with Crippen LogP contribution in [0.4, 0.5) is 0 Å². The standard InChI is InChI=1S/C12H21NO4Si/c1-5-16-18(4,17-6-2)9-7-8-15-12(14)11(3)10-13/h3,5-9H2,1-2,4H3. The van der Waals surface area contributed by atoms with Gasteiger partial charge in [-0.3, -0.25) is 0 Å². The zero-order chi connectivity index (χ0) is 14.0. The molecular formula is C12H21NO4Si. The minimum absolute atomic E-state index is 0.176. The quantitative estimate of drug-likeness (QED) is 0.211. The number of ether oxygens (including phenoxy) is 1. The van der Waals surface area contributed by atoms with Gasteiger partial charge in [-0.05, 0) is 32.9 Å². The summed E-state index contributed by atoms with van der Waals surface area (Å²) in [5, 5.41) is 8.45. The molecule has 0 heterocycles. The van der Waals surface area contributed by atoms with Gasteiger partial charge in [-0.25, -0.2) is 4.79 Å². The van der Waals surface area contributed by atoms with Crippen molar-refractivity contribution in [3.8, 4) is 6.07 Å². The van der Waals surface area contributed by atoms with Gasteiger partial charge in [-0.1, -0.05) is 6.58 Å². The Morgan fingerprint density at radius 1 is 1.33 bits per heavy atom. The summed E-state index contributed by atoms with van der Waals surface area (Å²) in [5.74, 6) is -0.659. The molecule has 0 saturated carbocycles. The minimum Gasteiger partial charge on any atom is -0.462 e. The number of nitrogens with zero attached hydrogens (tertiary/aromatic N) is 1. The van der Waals surface area contributed by atoms with E-state index in [1.807, 2.05) is 20.4 Å². The highest BCUT2D eigenvalue weighted by atomic mass is 28.4. The molecule has 0 amide bonds. The summed E-state index contributed by atoms with van der Waals surface area (Å²) >= 11 is 0. The van der Waals surface area contributed by atoms with Crippen LogP contribution in [-0.2, 0) is 18.4 Å². The van der Waals surface area contributed by atoms with Gasteiger partial charge < -0.3 is 13.6 Å². The Bertz CT molecular complexity index is 319. The van der Waals surface area contributed by atoms with Crippen LogP contribution in [0.3, 0.4) is 0 Å². The number of nitriles is 1. The third kappa shape index (κ3) is 6.54. The lowest BCUT2D eigenvalue weighted by atomic mass is 10.3. The molecule has 6 heteroatoms. The first-order valence-corrected chi connectivity index (χ1v) is 8.55. The van der Waals surface area contributed by atoms with Crippen LogP contribution < -0.4 is 0 Å². The molecule has 0 aromatic rings. The number of rotatable bonds is 9. The van der Waals surface area contributed by atoms with Crippen molar-refractivity contribution in [3.63, 3.8) is 0 Å². The Balaban J connectivity index is 3.97. The van der Waals surface area contributed by atoms with E-state index in [1.165, 1.54) is 0 Å². The molecule has 0 saturated heterocycles. The second kappa shape index (κ2) is 8.86. The molecule has 0 aliphatic heterocycles. The maximum atomic E-state index is 11.2. The number of esters is 1. The number of carbonyl (C=O) groups excluding carboxylic acids is 1. The normalized spacial score (nSPS) is 10.8. The Kier molecular flexibility index (Phi) is 8.29. The molecule has 0 aliphatic rings. The second-order valence-electron chi connectivity index (χ2n) is 3.83. The van der Waals surface area contributed by atoms with E-state index in [9.17, 15) is 4.79 Å². The van der Waals surface area contributed by atoms with Gasteiger partial charge in [0, 0.05) is 13.2 Å². The maximum Gasteiger partial charge on any atom is 0.348 e. The molecule has 0 unspecified atom stereocenters. The van der Waals surface area contributed by atoms with E-state index in [2.05, 4.69) is 6.58 Å². The van der Waals surface area contributed by atoms with E-state index in [1.54, 1.807) is 6.07 Å². The smallest absolute Gasteiger partial charge is 0.348 e. The first-order chi connectivity index (χ1) is 8.49. The van der Waals surface area contributed by atoms with Crippen LogP contribution in [0.25, 0.3) is 0 Å². The van der Waals surface area contributed by atoms with E-state index in [0.29, 0.717) is 19.6 Å².